The van der Waals surface area contributed by atoms with Crippen molar-refractivity contribution in [2.75, 3.05) is 40.5 Å². The van der Waals surface area contributed by atoms with Crippen molar-refractivity contribution in [2.45, 2.75) is 12.0 Å². The van der Waals surface area contributed by atoms with Gasteiger partial charge in [0, 0.05) is 33.1 Å². The molecule has 3 heterocycles. The first-order valence-corrected chi connectivity index (χ1v) is 8.00. The van der Waals surface area contributed by atoms with Crippen LogP contribution in [0, 0.1) is 0 Å². The number of nitrogens with zero attached hydrogens (tertiary/aromatic N) is 4. The molecule has 9 heteroatoms. The molecule has 9 nitrogen and oxygen atoms in total. The Bertz CT molecular complexity index is 777. The maximum absolute atomic E-state index is 13.0. The van der Waals surface area contributed by atoms with E-state index in [0.717, 1.165) is 0 Å². The van der Waals surface area contributed by atoms with Crippen LogP contribution in [0.2, 0.25) is 0 Å². The molecule has 1 fully saturated rings. The van der Waals surface area contributed by atoms with Gasteiger partial charge in [0.25, 0.3) is 5.91 Å². The van der Waals surface area contributed by atoms with Gasteiger partial charge in [-0.05, 0) is 6.07 Å². The third-order valence-corrected chi connectivity index (χ3v) is 4.34. The fourth-order valence-corrected chi connectivity index (χ4v) is 2.91. The Kier molecular flexibility index (Phi) is 4.95. The fourth-order valence-electron chi connectivity index (χ4n) is 2.91. The van der Waals surface area contributed by atoms with Crippen molar-refractivity contribution in [1.29, 1.82) is 0 Å². The lowest BCUT2D eigenvalue weighted by molar-refractivity contribution is -0.131. The highest BCUT2D eigenvalue weighted by atomic mass is 16.5. The van der Waals surface area contributed by atoms with E-state index in [1.54, 1.807) is 34.9 Å². The molecule has 1 aliphatic rings. The van der Waals surface area contributed by atoms with Crippen molar-refractivity contribution in [3.05, 3.63) is 30.2 Å². The highest BCUT2D eigenvalue weighted by Gasteiger charge is 2.39. The van der Waals surface area contributed by atoms with Crippen LogP contribution in [-0.4, -0.2) is 77.4 Å². The number of ether oxygens (including phenoxy) is 2. The molecule has 1 saturated heterocycles. The Morgan fingerprint density at radius 2 is 2.32 bits per heavy atom. The zero-order valence-corrected chi connectivity index (χ0v) is 14.3. The van der Waals surface area contributed by atoms with Crippen LogP contribution >= 0.6 is 0 Å². The predicted octanol–water partition coefficient (Wildman–Crippen LogP) is -0.277. The van der Waals surface area contributed by atoms with Gasteiger partial charge in [-0.2, -0.15) is 5.10 Å². The van der Waals surface area contributed by atoms with E-state index in [1.807, 2.05) is 0 Å². The number of aromatic nitrogens is 3. The number of amides is 2. The molecule has 0 spiro atoms. The Morgan fingerprint density at radius 1 is 1.48 bits per heavy atom. The van der Waals surface area contributed by atoms with E-state index < -0.39 is 5.60 Å². The zero-order valence-electron chi connectivity index (χ0n) is 14.3. The number of carbonyl (C=O) groups excluding carboxylic acids is 2. The van der Waals surface area contributed by atoms with Gasteiger partial charge in [-0.25, -0.2) is 9.50 Å². The van der Waals surface area contributed by atoms with E-state index >= 15 is 0 Å². The highest BCUT2D eigenvalue weighted by Crippen LogP contribution is 2.22. The summed E-state index contributed by atoms with van der Waals surface area (Å²) in [5.74, 6) is -0.380. The molecule has 1 aliphatic heterocycles. The third-order valence-electron chi connectivity index (χ3n) is 4.34. The van der Waals surface area contributed by atoms with Gasteiger partial charge in [0.15, 0.2) is 5.65 Å². The summed E-state index contributed by atoms with van der Waals surface area (Å²) in [5.41, 5.74) is 0.0160. The number of hydrogen-bond acceptors (Lipinski definition) is 6. The number of nitrogens with one attached hydrogen (secondary N) is 1. The van der Waals surface area contributed by atoms with Gasteiger partial charge in [-0.3, -0.25) is 9.59 Å². The average Bonchev–Trinajstić information content (AvgIpc) is 2.95. The van der Waals surface area contributed by atoms with Gasteiger partial charge in [0.05, 0.1) is 32.4 Å². The van der Waals surface area contributed by atoms with Crippen LogP contribution < -0.4 is 5.32 Å². The van der Waals surface area contributed by atoms with Crippen LogP contribution in [0.5, 0.6) is 0 Å². The molecule has 1 N–H and O–H groups in total. The van der Waals surface area contributed by atoms with E-state index in [0.29, 0.717) is 24.4 Å². The van der Waals surface area contributed by atoms with Gasteiger partial charge in [0.2, 0.25) is 5.91 Å². The summed E-state index contributed by atoms with van der Waals surface area (Å²) >= 11 is 0. The molecule has 0 unspecified atom stereocenters. The van der Waals surface area contributed by atoms with Crippen LogP contribution in [0.25, 0.3) is 5.65 Å². The zero-order chi connectivity index (χ0) is 17.9. The quantitative estimate of drug-likeness (QED) is 0.817. The molecule has 25 heavy (non-hydrogen) atoms. The molecule has 2 aromatic heterocycles. The summed E-state index contributed by atoms with van der Waals surface area (Å²) in [7, 11) is 3.09. The van der Waals surface area contributed by atoms with Gasteiger partial charge in [-0.1, -0.05) is 0 Å². The molecule has 2 amide bonds. The second-order valence-corrected chi connectivity index (χ2v) is 5.96. The smallest absolute Gasteiger partial charge is 0.259 e. The first-order valence-electron chi connectivity index (χ1n) is 8.00. The second kappa shape index (κ2) is 7.16. The van der Waals surface area contributed by atoms with Crippen molar-refractivity contribution in [3.8, 4) is 0 Å². The Balaban J connectivity index is 1.87. The summed E-state index contributed by atoms with van der Waals surface area (Å²) < 4.78 is 12.7. The SMILES string of the molecule is CNC(=O)C[C@]1(OC)COCCN(C(=O)c2cnn3cccnc23)C1. The summed E-state index contributed by atoms with van der Waals surface area (Å²) in [4.78, 5) is 30.7. The Morgan fingerprint density at radius 3 is 3.08 bits per heavy atom. The molecule has 1 atom stereocenters. The number of rotatable bonds is 4. The average molecular weight is 347 g/mol. The summed E-state index contributed by atoms with van der Waals surface area (Å²) in [6, 6.07) is 1.74. The van der Waals surface area contributed by atoms with Crippen molar-refractivity contribution in [2.24, 2.45) is 0 Å². The molecule has 134 valence electrons. The molecule has 2 aromatic rings. The van der Waals surface area contributed by atoms with Crippen LogP contribution in [0.15, 0.2) is 24.7 Å². The summed E-state index contributed by atoms with van der Waals surface area (Å²) in [6.45, 7) is 1.27. The monoisotopic (exact) mass is 347 g/mol. The van der Waals surface area contributed by atoms with Crippen LogP contribution in [0.3, 0.4) is 0 Å². The lowest BCUT2D eigenvalue weighted by Gasteiger charge is -2.33. The Labute approximate surface area is 144 Å². The van der Waals surface area contributed by atoms with Crippen molar-refractivity contribution >= 4 is 17.5 Å². The van der Waals surface area contributed by atoms with Crippen molar-refractivity contribution < 1.29 is 19.1 Å². The molecule has 0 saturated carbocycles. The third kappa shape index (κ3) is 3.47. The Hall–Kier alpha value is -2.52. The van der Waals surface area contributed by atoms with E-state index in [2.05, 4.69) is 15.4 Å². The molecular formula is C16H21N5O4. The molecule has 0 radical (unpaired) electrons. The molecule has 3 rings (SSSR count). The lowest BCUT2D eigenvalue weighted by atomic mass is 9.99. The first-order chi connectivity index (χ1) is 12.1. The standard InChI is InChI=1S/C16H21N5O4/c1-17-13(22)8-16(24-2)10-20(6-7-25-11-16)15(23)12-9-19-21-5-3-4-18-14(12)21/h3-5,9H,6-8,10-11H2,1-2H3,(H,17,22)/t16-/m1/s1. The van der Waals surface area contributed by atoms with Gasteiger partial charge in [0.1, 0.15) is 11.2 Å². The fraction of sp³-hybridized carbons (Fsp3) is 0.500. The first kappa shape index (κ1) is 17.3. The van der Waals surface area contributed by atoms with E-state index in [4.69, 9.17) is 9.47 Å². The van der Waals surface area contributed by atoms with Crippen molar-refractivity contribution in [3.63, 3.8) is 0 Å². The molecular weight excluding hydrogens is 326 g/mol. The van der Waals surface area contributed by atoms with Gasteiger partial charge in [-0.15, -0.1) is 0 Å². The predicted molar refractivity (Wildman–Crippen MR) is 88.1 cm³/mol. The minimum atomic E-state index is -0.886. The van der Waals surface area contributed by atoms with E-state index in [1.165, 1.54) is 13.3 Å². The maximum Gasteiger partial charge on any atom is 0.259 e. The summed E-state index contributed by atoms with van der Waals surface area (Å²) in [6.07, 6.45) is 4.96. The van der Waals surface area contributed by atoms with Gasteiger partial charge >= 0.3 is 0 Å². The largest absolute Gasteiger partial charge is 0.377 e. The molecule has 0 aromatic carbocycles. The topological polar surface area (TPSA) is 98.1 Å². The number of fused-ring (bicyclic) bond motifs is 1. The van der Waals surface area contributed by atoms with Gasteiger partial charge < -0.3 is 19.7 Å². The minimum absolute atomic E-state index is 0.108. The highest BCUT2D eigenvalue weighted by molar-refractivity contribution is 5.99. The van der Waals surface area contributed by atoms with Crippen LogP contribution in [-0.2, 0) is 14.3 Å². The van der Waals surface area contributed by atoms with E-state index in [9.17, 15) is 9.59 Å². The molecule has 0 bridgehead atoms. The summed E-state index contributed by atoms with van der Waals surface area (Å²) in [5, 5.41) is 6.74. The number of hydrogen-bond donors (Lipinski definition) is 1. The minimum Gasteiger partial charge on any atom is -0.377 e. The maximum atomic E-state index is 13.0. The number of carbonyl (C=O) groups is 2. The number of methoxy groups -OCH3 is 1. The molecule has 0 aliphatic carbocycles. The normalized spacial score (nSPS) is 21.1. The van der Waals surface area contributed by atoms with Crippen molar-refractivity contribution in [1.82, 2.24) is 24.8 Å². The lowest BCUT2D eigenvalue weighted by Crippen LogP contribution is -2.50. The van der Waals surface area contributed by atoms with Crippen LogP contribution in [0.1, 0.15) is 16.8 Å². The van der Waals surface area contributed by atoms with Crippen LogP contribution in [0.4, 0.5) is 0 Å². The van der Waals surface area contributed by atoms with E-state index in [-0.39, 0.29) is 31.4 Å². The second-order valence-electron chi connectivity index (χ2n) is 5.96.